The molecule has 5 nitrogen and oxygen atoms in total. The third-order valence-electron chi connectivity index (χ3n) is 3.89. The van der Waals surface area contributed by atoms with Gasteiger partial charge in [0, 0.05) is 24.0 Å². The summed E-state index contributed by atoms with van der Waals surface area (Å²) in [6.07, 6.45) is 9.83. The van der Waals surface area contributed by atoms with Gasteiger partial charge in [0.1, 0.15) is 5.82 Å². The van der Waals surface area contributed by atoms with Crippen molar-refractivity contribution in [3.63, 3.8) is 0 Å². The maximum Gasteiger partial charge on any atom is 0.228 e. The van der Waals surface area contributed by atoms with Gasteiger partial charge in [-0.15, -0.1) is 0 Å². The van der Waals surface area contributed by atoms with Crippen LogP contribution in [0, 0.1) is 25.2 Å². The summed E-state index contributed by atoms with van der Waals surface area (Å²) in [5, 5.41) is 15.5. The van der Waals surface area contributed by atoms with Gasteiger partial charge in [-0.25, -0.2) is 4.98 Å². The number of nitrogens with zero attached hydrogens (tertiary/aromatic N) is 3. The van der Waals surface area contributed by atoms with Crippen LogP contribution >= 0.6 is 0 Å². The van der Waals surface area contributed by atoms with Crippen LogP contribution in [0.3, 0.4) is 0 Å². The maximum atomic E-state index is 8.96. The number of rotatable bonds is 4. The summed E-state index contributed by atoms with van der Waals surface area (Å²) in [5.41, 5.74) is 4.96. The van der Waals surface area contributed by atoms with Crippen molar-refractivity contribution in [2.45, 2.75) is 20.3 Å². The molecule has 1 aromatic heterocycles. The second-order valence-electron chi connectivity index (χ2n) is 5.81. The highest BCUT2D eigenvalue weighted by atomic mass is 15.1. The lowest BCUT2D eigenvalue weighted by Crippen LogP contribution is -2.05. The summed E-state index contributed by atoms with van der Waals surface area (Å²) in [7, 11) is 0. The van der Waals surface area contributed by atoms with Crippen LogP contribution in [0.4, 0.5) is 17.5 Å². The minimum atomic E-state index is 0.518. The normalized spacial score (nSPS) is 13.3. The van der Waals surface area contributed by atoms with Crippen molar-refractivity contribution in [3.8, 4) is 6.07 Å². The lowest BCUT2D eigenvalue weighted by atomic mass is 10.1. The highest BCUT2D eigenvalue weighted by Crippen LogP contribution is 2.23. The average Bonchev–Trinajstić information content (AvgIpc) is 2.84. The molecule has 0 aliphatic heterocycles. The van der Waals surface area contributed by atoms with Crippen molar-refractivity contribution in [1.82, 2.24) is 9.97 Å². The fourth-order valence-corrected chi connectivity index (χ4v) is 2.57. The molecule has 0 bridgehead atoms. The van der Waals surface area contributed by atoms with E-state index in [1.165, 1.54) is 11.1 Å². The van der Waals surface area contributed by atoms with Crippen molar-refractivity contribution >= 4 is 17.5 Å². The molecule has 0 amide bonds. The van der Waals surface area contributed by atoms with Crippen molar-refractivity contribution in [2.24, 2.45) is 0 Å². The molecule has 0 saturated carbocycles. The number of para-hydroxylation sites is 1. The Kier molecular flexibility index (Phi) is 4.91. The molecular formula is C20H19N5. The highest BCUT2D eigenvalue weighted by molar-refractivity contribution is 5.64. The van der Waals surface area contributed by atoms with Crippen LogP contribution in [0.1, 0.15) is 17.5 Å². The first-order valence-corrected chi connectivity index (χ1v) is 8.06. The van der Waals surface area contributed by atoms with E-state index in [9.17, 15) is 0 Å². The molecule has 0 radical (unpaired) electrons. The summed E-state index contributed by atoms with van der Waals surface area (Å²) in [6, 6.07) is 10.1. The summed E-state index contributed by atoms with van der Waals surface area (Å²) < 4.78 is 0. The Labute approximate surface area is 147 Å². The van der Waals surface area contributed by atoms with Gasteiger partial charge in [-0.1, -0.05) is 24.3 Å². The first-order valence-electron chi connectivity index (χ1n) is 8.06. The van der Waals surface area contributed by atoms with E-state index in [1.807, 2.05) is 30.4 Å². The first kappa shape index (κ1) is 16.5. The molecule has 2 N–H and O–H groups in total. The number of aromatic nitrogens is 2. The molecule has 0 fully saturated rings. The van der Waals surface area contributed by atoms with Gasteiger partial charge >= 0.3 is 0 Å². The summed E-state index contributed by atoms with van der Waals surface area (Å²) in [4.78, 5) is 8.81. The molecule has 0 atom stereocenters. The van der Waals surface area contributed by atoms with Crippen LogP contribution < -0.4 is 10.6 Å². The van der Waals surface area contributed by atoms with E-state index in [0.717, 1.165) is 17.2 Å². The van der Waals surface area contributed by atoms with Crippen molar-refractivity contribution < 1.29 is 0 Å². The Morgan fingerprint density at radius 3 is 2.64 bits per heavy atom. The molecule has 1 heterocycles. The minimum Gasteiger partial charge on any atom is -0.340 e. The predicted octanol–water partition coefficient (Wildman–Crippen LogP) is 4.54. The van der Waals surface area contributed by atoms with Crippen molar-refractivity contribution in [3.05, 3.63) is 77.2 Å². The number of allylic oxidation sites excluding steroid dienone is 5. The smallest absolute Gasteiger partial charge is 0.228 e. The van der Waals surface area contributed by atoms with Gasteiger partial charge in [0.15, 0.2) is 0 Å². The second kappa shape index (κ2) is 7.45. The molecule has 0 unspecified atom stereocenters. The van der Waals surface area contributed by atoms with E-state index < -0.39 is 0 Å². The van der Waals surface area contributed by atoms with Crippen LogP contribution in [-0.2, 0) is 0 Å². The number of benzene rings is 1. The van der Waals surface area contributed by atoms with Gasteiger partial charge in [0.2, 0.25) is 5.95 Å². The van der Waals surface area contributed by atoms with Crippen LogP contribution in [0.15, 0.2) is 66.0 Å². The van der Waals surface area contributed by atoms with Crippen molar-refractivity contribution in [2.75, 3.05) is 10.6 Å². The molecule has 3 rings (SSSR count). The number of aryl methyl sites for hydroxylation is 2. The first-order chi connectivity index (χ1) is 12.2. The van der Waals surface area contributed by atoms with Crippen molar-refractivity contribution in [1.29, 1.82) is 5.26 Å². The zero-order chi connectivity index (χ0) is 17.6. The Bertz CT molecular complexity index is 896. The SMILES string of the molecule is Cc1cccc(C)c1Nc1ccnc(NC2=CC=C(C#N)C=CC2)n1. The molecule has 2 aromatic rings. The molecule has 1 aliphatic carbocycles. The topological polar surface area (TPSA) is 73.6 Å². The Balaban J connectivity index is 1.79. The van der Waals surface area contributed by atoms with Gasteiger partial charge in [-0.05, 0) is 49.3 Å². The van der Waals surface area contributed by atoms with E-state index in [-0.39, 0.29) is 0 Å². The molecule has 5 heteroatoms. The van der Waals surface area contributed by atoms with Gasteiger partial charge in [0.25, 0.3) is 0 Å². The van der Waals surface area contributed by atoms with Gasteiger partial charge in [-0.2, -0.15) is 10.2 Å². The third kappa shape index (κ3) is 4.12. The molecule has 1 aliphatic rings. The van der Waals surface area contributed by atoms with Crippen LogP contribution in [0.5, 0.6) is 0 Å². The lowest BCUT2D eigenvalue weighted by Gasteiger charge is -2.13. The predicted molar refractivity (Wildman–Crippen MR) is 100 cm³/mol. The van der Waals surface area contributed by atoms with E-state index in [4.69, 9.17) is 5.26 Å². The quantitative estimate of drug-likeness (QED) is 0.861. The monoisotopic (exact) mass is 329 g/mol. The highest BCUT2D eigenvalue weighted by Gasteiger charge is 2.06. The van der Waals surface area contributed by atoms with Gasteiger partial charge in [-0.3, -0.25) is 0 Å². The number of nitrogens with one attached hydrogen (secondary N) is 2. The zero-order valence-corrected chi connectivity index (χ0v) is 14.2. The fourth-order valence-electron chi connectivity index (χ4n) is 2.57. The lowest BCUT2D eigenvalue weighted by molar-refractivity contribution is 1.11. The van der Waals surface area contributed by atoms with Gasteiger partial charge < -0.3 is 10.6 Å². The number of hydrogen-bond acceptors (Lipinski definition) is 5. The standard InChI is InChI=1S/C20H19N5/c1-14-5-3-6-15(2)19(14)24-18-11-12-22-20(25-18)23-17-8-4-7-16(13-21)9-10-17/h3-7,9-12H,8H2,1-2H3,(H2,22,23,24,25). The molecular weight excluding hydrogens is 310 g/mol. The van der Waals surface area contributed by atoms with Crippen LogP contribution in [0.25, 0.3) is 0 Å². The minimum absolute atomic E-state index is 0.518. The summed E-state index contributed by atoms with van der Waals surface area (Å²) in [6.45, 7) is 4.13. The maximum absolute atomic E-state index is 8.96. The number of nitriles is 1. The molecule has 0 spiro atoms. The summed E-state index contributed by atoms with van der Waals surface area (Å²) in [5.74, 6) is 1.25. The van der Waals surface area contributed by atoms with Gasteiger partial charge in [0.05, 0.1) is 11.6 Å². The van der Waals surface area contributed by atoms with E-state index in [1.54, 1.807) is 12.3 Å². The molecule has 124 valence electrons. The van der Waals surface area contributed by atoms with E-state index in [2.05, 4.69) is 52.7 Å². The second-order valence-corrected chi connectivity index (χ2v) is 5.81. The average molecular weight is 329 g/mol. The largest absolute Gasteiger partial charge is 0.340 e. The van der Waals surface area contributed by atoms with E-state index >= 15 is 0 Å². The Morgan fingerprint density at radius 2 is 1.88 bits per heavy atom. The van der Waals surface area contributed by atoms with Crippen LogP contribution in [0.2, 0.25) is 0 Å². The van der Waals surface area contributed by atoms with E-state index in [0.29, 0.717) is 17.9 Å². The molecule has 25 heavy (non-hydrogen) atoms. The summed E-state index contributed by atoms with van der Waals surface area (Å²) >= 11 is 0. The Hall–Kier alpha value is -3.39. The third-order valence-corrected chi connectivity index (χ3v) is 3.89. The fraction of sp³-hybridized carbons (Fsp3) is 0.150. The molecule has 0 saturated heterocycles. The number of anilines is 3. The number of hydrogen-bond donors (Lipinski definition) is 2. The molecule has 1 aromatic carbocycles. The Morgan fingerprint density at radius 1 is 1.08 bits per heavy atom. The van der Waals surface area contributed by atoms with Crippen LogP contribution in [-0.4, -0.2) is 9.97 Å². The zero-order valence-electron chi connectivity index (χ0n) is 14.2.